The van der Waals surface area contributed by atoms with Crippen molar-refractivity contribution in [3.63, 3.8) is 0 Å². The quantitative estimate of drug-likeness (QED) is 0.205. The van der Waals surface area contributed by atoms with Crippen LogP contribution in [0.3, 0.4) is 0 Å². The Morgan fingerprint density at radius 2 is 1.31 bits per heavy atom. The van der Waals surface area contributed by atoms with Gasteiger partial charge in [-0.05, 0) is 30.9 Å². The predicted molar refractivity (Wildman–Crippen MR) is 137 cm³/mol. The van der Waals surface area contributed by atoms with E-state index in [1.165, 1.54) is 44.5 Å². The van der Waals surface area contributed by atoms with Gasteiger partial charge < -0.3 is 4.74 Å². The lowest BCUT2D eigenvalue weighted by Crippen LogP contribution is -2.00. The zero-order valence-corrected chi connectivity index (χ0v) is 21.0. The maximum Gasteiger partial charge on any atom is 0.213 e. The summed E-state index contributed by atoms with van der Waals surface area (Å²) in [4.78, 5) is 13.0. The zero-order valence-electron chi connectivity index (χ0n) is 21.0. The van der Waals surface area contributed by atoms with Crippen molar-refractivity contribution in [3.8, 4) is 28.4 Å². The number of rotatable bonds is 15. The molecule has 0 saturated heterocycles. The second kappa shape index (κ2) is 14.5. The number of aromatic nitrogens is 3. The van der Waals surface area contributed by atoms with Crippen LogP contribution in [0.15, 0.2) is 42.9 Å². The first-order valence-corrected chi connectivity index (χ1v) is 13.0. The average molecular weight is 482 g/mol. The number of hydrogen-bond acceptors (Lipinski definition) is 4. The van der Waals surface area contributed by atoms with Crippen LogP contribution in [-0.2, 0) is 6.42 Å². The number of hydrogen-bond donors (Lipinski definition) is 0. The molecule has 0 amide bonds. The Hall–Kier alpha value is -2.89. The second-order valence-electron chi connectivity index (χ2n) is 9.01. The number of pyridine rings is 1. The lowest BCUT2D eigenvalue weighted by molar-refractivity contribution is 0.294. The van der Waals surface area contributed by atoms with Crippen LogP contribution in [0.4, 0.5) is 8.78 Å². The molecular formula is C29H37F2N3O. The van der Waals surface area contributed by atoms with Crippen molar-refractivity contribution in [2.75, 3.05) is 6.61 Å². The molecule has 0 saturated carbocycles. The third-order valence-electron chi connectivity index (χ3n) is 6.17. The molecule has 188 valence electrons. The maximum absolute atomic E-state index is 14.8. The molecule has 3 rings (SSSR count). The Morgan fingerprint density at radius 1 is 0.657 bits per heavy atom. The van der Waals surface area contributed by atoms with Crippen molar-refractivity contribution in [1.82, 2.24) is 15.0 Å². The third-order valence-corrected chi connectivity index (χ3v) is 6.17. The summed E-state index contributed by atoms with van der Waals surface area (Å²) in [5, 5.41) is 0. The first kappa shape index (κ1) is 26.7. The van der Waals surface area contributed by atoms with Gasteiger partial charge in [0, 0.05) is 41.3 Å². The molecule has 0 bridgehead atoms. The van der Waals surface area contributed by atoms with Crippen LogP contribution in [0.2, 0.25) is 0 Å². The molecule has 0 atom stereocenters. The van der Waals surface area contributed by atoms with E-state index < -0.39 is 11.6 Å². The summed E-state index contributed by atoms with van der Waals surface area (Å²) in [6.07, 6.45) is 16.5. The van der Waals surface area contributed by atoms with Gasteiger partial charge in [-0.15, -0.1) is 0 Å². The number of nitrogens with zero attached hydrogens (tertiary/aromatic N) is 3. The van der Waals surface area contributed by atoms with Crippen LogP contribution >= 0.6 is 0 Å². The van der Waals surface area contributed by atoms with E-state index in [4.69, 9.17) is 4.74 Å². The minimum atomic E-state index is -0.841. The summed E-state index contributed by atoms with van der Waals surface area (Å²) in [5.74, 6) is -0.571. The smallest absolute Gasteiger partial charge is 0.213 e. The fraction of sp³-hybridized carbons (Fsp3) is 0.483. The molecule has 35 heavy (non-hydrogen) atoms. The number of benzene rings is 1. The van der Waals surface area contributed by atoms with Gasteiger partial charge in [0.2, 0.25) is 5.88 Å². The molecule has 0 N–H and O–H groups in total. The van der Waals surface area contributed by atoms with Crippen molar-refractivity contribution in [2.45, 2.75) is 84.5 Å². The Labute approximate surface area is 208 Å². The van der Waals surface area contributed by atoms with Crippen molar-refractivity contribution in [2.24, 2.45) is 0 Å². The summed E-state index contributed by atoms with van der Waals surface area (Å²) >= 11 is 0. The molecular weight excluding hydrogens is 444 g/mol. The van der Waals surface area contributed by atoms with E-state index in [0.717, 1.165) is 37.7 Å². The van der Waals surface area contributed by atoms with E-state index in [9.17, 15) is 8.78 Å². The van der Waals surface area contributed by atoms with Gasteiger partial charge in [-0.25, -0.2) is 23.7 Å². The highest BCUT2D eigenvalue weighted by atomic mass is 19.2. The molecule has 0 fully saturated rings. The number of unbranched alkanes of at least 4 members (excludes halogenated alkanes) is 8. The van der Waals surface area contributed by atoms with Gasteiger partial charge in [0.25, 0.3) is 0 Å². The molecule has 2 heterocycles. The Balaban J connectivity index is 1.58. The summed E-state index contributed by atoms with van der Waals surface area (Å²) in [7, 11) is 0. The minimum Gasteiger partial charge on any atom is -0.478 e. The highest BCUT2D eigenvalue weighted by molar-refractivity contribution is 5.64. The van der Waals surface area contributed by atoms with Crippen LogP contribution in [0.5, 0.6) is 5.88 Å². The highest BCUT2D eigenvalue weighted by Crippen LogP contribution is 2.27. The van der Waals surface area contributed by atoms with Gasteiger partial charge in [-0.1, -0.05) is 77.3 Å². The number of ether oxygens (including phenoxy) is 1. The molecule has 3 aromatic rings. The molecule has 0 unspecified atom stereocenters. The monoisotopic (exact) mass is 481 g/mol. The van der Waals surface area contributed by atoms with Crippen LogP contribution in [0, 0.1) is 11.6 Å². The Kier molecular flexibility index (Phi) is 11.1. The topological polar surface area (TPSA) is 47.9 Å². The van der Waals surface area contributed by atoms with Crippen LogP contribution in [0.1, 0.15) is 83.6 Å². The molecule has 0 radical (unpaired) electrons. The van der Waals surface area contributed by atoms with Crippen LogP contribution in [0.25, 0.3) is 22.5 Å². The van der Waals surface area contributed by atoms with Crippen molar-refractivity contribution < 1.29 is 13.5 Å². The molecule has 0 aliphatic rings. The number of aryl methyl sites for hydroxylation is 1. The summed E-state index contributed by atoms with van der Waals surface area (Å²) < 4.78 is 35.2. The third kappa shape index (κ3) is 8.08. The minimum absolute atomic E-state index is 0.172. The first-order valence-electron chi connectivity index (χ1n) is 13.0. The number of halogens is 2. The molecule has 2 aromatic heterocycles. The van der Waals surface area contributed by atoms with Gasteiger partial charge in [-0.3, -0.25) is 0 Å². The van der Waals surface area contributed by atoms with Crippen molar-refractivity contribution in [3.05, 3.63) is 60.1 Å². The van der Waals surface area contributed by atoms with E-state index in [2.05, 4.69) is 28.8 Å². The Bertz CT molecular complexity index is 1020. The Morgan fingerprint density at radius 3 is 2.00 bits per heavy atom. The zero-order chi connectivity index (χ0) is 24.9. The fourth-order valence-corrected chi connectivity index (χ4v) is 4.02. The molecule has 6 heteroatoms. The van der Waals surface area contributed by atoms with Gasteiger partial charge in [-0.2, -0.15) is 0 Å². The van der Waals surface area contributed by atoms with Gasteiger partial charge in [0.1, 0.15) is 0 Å². The van der Waals surface area contributed by atoms with Crippen LogP contribution in [-0.4, -0.2) is 21.6 Å². The van der Waals surface area contributed by atoms with Crippen molar-refractivity contribution in [1.29, 1.82) is 0 Å². The van der Waals surface area contributed by atoms with Crippen LogP contribution < -0.4 is 4.74 Å². The maximum atomic E-state index is 14.8. The van der Waals surface area contributed by atoms with E-state index in [1.807, 2.05) is 6.07 Å². The van der Waals surface area contributed by atoms with E-state index in [1.54, 1.807) is 24.4 Å². The largest absolute Gasteiger partial charge is 0.478 e. The van der Waals surface area contributed by atoms with E-state index >= 15 is 0 Å². The lowest BCUT2D eigenvalue weighted by atomic mass is 10.0. The summed E-state index contributed by atoms with van der Waals surface area (Å²) in [6.45, 7) is 5.01. The molecule has 0 spiro atoms. The van der Waals surface area contributed by atoms with E-state index in [-0.39, 0.29) is 5.56 Å². The van der Waals surface area contributed by atoms with Crippen molar-refractivity contribution >= 4 is 0 Å². The lowest BCUT2D eigenvalue weighted by Gasteiger charge is -2.09. The second-order valence-corrected chi connectivity index (χ2v) is 9.01. The highest BCUT2D eigenvalue weighted by Gasteiger charge is 2.15. The molecule has 1 aromatic carbocycles. The first-order chi connectivity index (χ1) is 17.1. The molecule has 4 nitrogen and oxygen atoms in total. The van der Waals surface area contributed by atoms with E-state index in [0.29, 0.717) is 35.9 Å². The van der Waals surface area contributed by atoms with Gasteiger partial charge in [0.15, 0.2) is 17.5 Å². The SMILES string of the molecule is CCCCCCCCc1ccc(-c2cnc(-c3ccc(OCCCCCC)nc3)nc2)c(F)c1F. The standard InChI is InChI=1S/C29H37F2N3O/c1-3-5-7-9-10-11-13-22-14-16-25(28(31)27(22)30)24-20-33-29(34-21-24)23-15-17-26(32-19-23)35-18-12-8-6-4-2/h14-17,19-21H,3-13,18H2,1-2H3. The summed E-state index contributed by atoms with van der Waals surface area (Å²) in [5.41, 5.74) is 1.77. The average Bonchev–Trinajstić information content (AvgIpc) is 2.89. The predicted octanol–water partition coefficient (Wildman–Crippen LogP) is 8.35. The van der Waals surface area contributed by atoms with Gasteiger partial charge in [0.05, 0.1) is 6.61 Å². The van der Waals surface area contributed by atoms with Gasteiger partial charge >= 0.3 is 0 Å². The fourth-order valence-electron chi connectivity index (χ4n) is 4.02. The summed E-state index contributed by atoms with van der Waals surface area (Å²) in [6, 6.07) is 6.95. The molecule has 0 aliphatic carbocycles. The normalized spacial score (nSPS) is 11.1. The molecule has 0 aliphatic heterocycles.